The fourth-order valence-electron chi connectivity index (χ4n) is 2.17. The summed E-state index contributed by atoms with van der Waals surface area (Å²) in [5.41, 5.74) is -0.621. The van der Waals surface area contributed by atoms with Crippen LogP contribution in [-0.2, 0) is 4.79 Å². The lowest BCUT2D eigenvalue weighted by Gasteiger charge is -2.33. The van der Waals surface area contributed by atoms with Gasteiger partial charge in [0.05, 0.1) is 4.92 Å². The largest absolute Gasteiger partial charge is 0.484 e. The third-order valence-electron chi connectivity index (χ3n) is 3.30. The summed E-state index contributed by atoms with van der Waals surface area (Å²) in [6, 6.07) is 3.27. The van der Waals surface area contributed by atoms with E-state index in [-0.39, 0.29) is 24.3 Å². The van der Waals surface area contributed by atoms with Crippen molar-refractivity contribution in [2.75, 3.05) is 26.2 Å². The van der Waals surface area contributed by atoms with Gasteiger partial charge in [-0.1, -0.05) is 0 Å². The average molecular weight is 297 g/mol. The van der Waals surface area contributed by atoms with Gasteiger partial charge < -0.3 is 15.0 Å². The Kier molecular flexibility index (Phi) is 4.69. The van der Waals surface area contributed by atoms with Crippen LogP contribution in [-0.4, -0.2) is 48.0 Å². The minimum absolute atomic E-state index is 0.0726. The highest BCUT2D eigenvalue weighted by molar-refractivity contribution is 5.78. The number of halogens is 1. The lowest BCUT2D eigenvalue weighted by molar-refractivity contribution is -0.387. The quantitative estimate of drug-likeness (QED) is 0.660. The Morgan fingerprint density at radius 2 is 2.38 bits per heavy atom. The maximum atomic E-state index is 13.4. The van der Waals surface area contributed by atoms with Crippen molar-refractivity contribution in [3.63, 3.8) is 0 Å². The zero-order chi connectivity index (χ0) is 15.4. The summed E-state index contributed by atoms with van der Waals surface area (Å²) in [4.78, 5) is 23.4. The number of piperazine rings is 1. The SMILES string of the molecule is C[C@@H]1CNCCN1C(=O)COc1ccc([N+](=O)[O-])c(F)c1. The van der Waals surface area contributed by atoms with E-state index in [4.69, 9.17) is 4.74 Å². The molecule has 0 aliphatic carbocycles. The van der Waals surface area contributed by atoms with Crippen LogP contribution < -0.4 is 10.1 Å². The number of nitro groups is 1. The Hall–Kier alpha value is -2.22. The standard InChI is InChI=1S/C13H16FN3O4/c1-9-7-15-4-5-16(9)13(18)8-21-10-2-3-12(17(19)20)11(14)6-10/h2-3,6,9,15H,4-5,7-8H2,1H3/t9-/m1/s1. The van der Waals surface area contributed by atoms with Gasteiger partial charge in [0.2, 0.25) is 5.82 Å². The van der Waals surface area contributed by atoms with Crippen molar-refractivity contribution in [2.24, 2.45) is 0 Å². The van der Waals surface area contributed by atoms with Gasteiger partial charge in [0, 0.05) is 37.8 Å². The molecule has 0 saturated carbocycles. The van der Waals surface area contributed by atoms with Gasteiger partial charge in [-0.2, -0.15) is 4.39 Å². The fourth-order valence-corrected chi connectivity index (χ4v) is 2.17. The number of nitro benzene ring substituents is 1. The molecule has 114 valence electrons. The highest BCUT2D eigenvalue weighted by Gasteiger charge is 2.23. The molecule has 1 aromatic rings. The molecule has 21 heavy (non-hydrogen) atoms. The van der Waals surface area contributed by atoms with Gasteiger partial charge in [-0.05, 0) is 13.0 Å². The van der Waals surface area contributed by atoms with E-state index in [0.29, 0.717) is 6.54 Å². The first-order valence-corrected chi connectivity index (χ1v) is 6.56. The van der Waals surface area contributed by atoms with Gasteiger partial charge in [-0.25, -0.2) is 0 Å². The second kappa shape index (κ2) is 6.49. The van der Waals surface area contributed by atoms with E-state index in [1.54, 1.807) is 4.90 Å². The lowest BCUT2D eigenvalue weighted by Crippen LogP contribution is -2.53. The molecule has 0 unspecified atom stereocenters. The highest BCUT2D eigenvalue weighted by atomic mass is 19.1. The summed E-state index contributed by atoms with van der Waals surface area (Å²) in [6.45, 7) is 3.75. The smallest absolute Gasteiger partial charge is 0.305 e. The van der Waals surface area contributed by atoms with Crippen LogP contribution in [0.15, 0.2) is 18.2 Å². The first kappa shape index (κ1) is 15.2. The minimum atomic E-state index is -0.986. The molecule has 0 radical (unpaired) electrons. The number of hydrogen-bond donors (Lipinski definition) is 1. The van der Waals surface area contributed by atoms with Gasteiger partial charge >= 0.3 is 5.69 Å². The van der Waals surface area contributed by atoms with Gasteiger partial charge in [-0.15, -0.1) is 0 Å². The molecule has 0 bridgehead atoms. The van der Waals surface area contributed by atoms with Crippen molar-refractivity contribution in [3.8, 4) is 5.75 Å². The Balaban J connectivity index is 1.95. The fraction of sp³-hybridized carbons (Fsp3) is 0.462. The van der Waals surface area contributed by atoms with E-state index in [9.17, 15) is 19.3 Å². The molecule has 1 amide bonds. The first-order valence-electron chi connectivity index (χ1n) is 6.56. The molecule has 0 spiro atoms. The number of amides is 1. The predicted octanol–water partition coefficient (Wildman–Crippen LogP) is 0.933. The molecule has 1 N–H and O–H groups in total. The van der Waals surface area contributed by atoms with Crippen molar-refractivity contribution in [2.45, 2.75) is 13.0 Å². The molecule has 1 aromatic carbocycles. The number of hydrogen-bond acceptors (Lipinski definition) is 5. The number of ether oxygens (including phenoxy) is 1. The number of rotatable bonds is 4. The Bertz CT molecular complexity index is 552. The molecule has 2 rings (SSSR count). The van der Waals surface area contributed by atoms with Crippen LogP contribution >= 0.6 is 0 Å². The third-order valence-corrected chi connectivity index (χ3v) is 3.30. The first-order chi connectivity index (χ1) is 9.99. The minimum Gasteiger partial charge on any atom is -0.484 e. The number of carbonyl (C=O) groups is 1. The second-order valence-corrected chi connectivity index (χ2v) is 4.80. The van der Waals surface area contributed by atoms with Gasteiger partial charge in [0.1, 0.15) is 5.75 Å². The van der Waals surface area contributed by atoms with Crippen LogP contribution in [0.5, 0.6) is 5.75 Å². The van der Waals surface area contributed by atoms with Crippen molar-refractivity contribution >= 4 is 11.6 Å². The molecule has 0 aromatic heterocycles. The van der Waals surface area contributed by atoms with Crippen molar-refractivity contribution in [3.05, 3.63) is 34.1 Å². The monoisotopic (exact) mass is 297 g/mol. The Labute approximate surface area is 120 Å². The van der Waals surface area contributed by atoms with Crippen LogP contribution in [0.25, 0.3) is 0 Å². The van der Waals surface area contributed by atoms with Crippen LogP contribution in [0.4, 0.5) is 10.1 Å². The summed E-state index contributed by atoms with van der Waals surface area (Å²) >= 11 is 0. The van der Waals surface area contributed by atoms with Crippen LogP contribution in [0, 0.1) is 15.9 Å². The van der Waals surface area contributed by atoms with Crippen molar-refractivity contribution in [1.29, 1.82) is 0 Å². The molecule has 1 fully saturated rings. The molecule has 1 saturated heterocycles. The third kappa shape index (κ3) is 3.66. The van der Waals surface area contributed by atoms with Crippen molar-refractivity contribution in [1.82, 2.24) is 10.2 Å². The summed E-state index contributed by atoms with van der Waals surface area (Å²) in [6.07, 6.45) is 0. The maximum absolute atomic E-state index is 13.4. The van der Waals surface area contributed by atoms with E-state index in [1.807, 2.05) is 6.92 Å². The van der Waals surface area contributed by atoms with E-state index in [0.717, 1.165) is 25.2 Å². The number of nitrogens with zero attached hydrogens (tertiary/aromatic N) is 2. The maximum Gasteiger partial charge on any atom is 0.305 e. The summed E-state index contributed by atoms with van der Waals surface area (Å²) < 4.78 is 18.6. The predicted molar refractivity (Wildman–Crippen MR) is 72.6 cm³/mol. The van der Waals surface area contributed by atoms with Crippen LogP contribution in [0.3, 0.4) is 0 Å². The topological polar surface area (TPSA) is 84.7 Å². The van der Waals surface area contributed by atoms with Crippen molar-refractivity contribution < 1.29 is 18.8 Å². The number of benzene rings is 1. The van der Waals surface area contributed by atoms with E-state index < -0.39 is 16.4 Å². The molecule has 1 aliphatic rings. The zero-order valence-corrected chi connectivity index (χ0v) is 11.5. The van der Waals surface area contributed by atoms with Gasteiger partial charge in [0.15, 0.2) is 6.61 Å². The molecule has 1 aliphatic heterocycles. The Morgan fingerprint density at radius 1 is 1.62 bits per heavy atom. The molecule has 8 heteroatoms. The van der Waals surface area contributed by atoms with Gasteiger partial charge in [0.25, 0.3) is 5.91 Å². The average Bonchev–Trinajstić information content (AvgIpc) is 2.45. The molecular weight excluding hydrogens is 281 g/mol. The normalized spacial score (nSPS) is 18.4. The number of nitrogens with one attached hydrogen (secondary N) is 1. The highest BCUT2D eigenvalue weighted by Crippen LogP contribution is 2.22. The van der Waals surface area contributed by atoms with E-state index in [2.05, 4.69) is 5.32 Å². The lowest BCUT2D eigenvalue weighted by atomic mass is 10.2. The Morgan fingerprint density at radius 3 is 3.00 bits per heavy atom. The molecule has 7 nitrogen and oxygen atoms in total. The summed E-state index contributed by atoms with van der Waals surface area (Å²) in [7, 11) is 0. The number of carbonyl (C=O) groups excluding carboxylic acids is 1. The van der Waals surface area contributed by atoms with Gasteiger partial charge in [-0.3, -0.25) is 14.9 Å². The van der Waals surface area contributed by atoms with Crippen LogP contribution in [0.1, 0.15) is 6.92 Å². The zero-order valence-electron chi connectivity index (χ0n) is 11.5. The molecule has 1 atom stereocenters. The van der Waals surface area contributed by atoms with Crippen LogP contribution in [0.2, 0.25) is 0 Å². The van der Waals surface area contributed by atoms with E-state index >= 15 is 0 Å². The second-order valence-electron chi connectivity index (χ2n) is 4.80. The summed E-state index contributed by atoms with van der Waals surface area (Å²) in [5.74, 6) is -1.09. The summed E-state index contributed by atoms with van der Waals surface area (Å²) in [5, 5.41) is 13.7. The molecule has 1 heterocycles. The van der Waals surface area contributed by atoms with E-state index in [1.165, 1.54) is 6.07 Å². The molecular formula is C13H16FN3O4.